The van der Waals surface area contributed by atoms with E-state index in [-0.39, 0.29) is 44.7 Å². The Kier molecular flexibility index (Phi) is 7.02. The highest BCUT2D eigenvalue weighted by Crippen LogP contribution is 2.34. The maximum Gasteiger partial charge on any atom is 0.338 e. The van der Waals surface area contributed by atoms with E-state index < -0.39 is 22.7 Å². The Morgan fingerprint density at radius 1 is 0.821 bits per heavy atom. The molecule has 0 spiro atoms. The van der Waals surface area contributed by atoms with Gasteiger partial charge in [0.25, 0.3) is 17.5 Å². The molecule has 0 fully saturated rings. The summed E-state index contributed by atoms with van der Waals surface area (Å²) >= 11 is 12.0. The molecule has 0 N–H and O–H groups in total. The second kappa shape index (κ2) is 10.6. The number of carbonyl (C=O) groups is 3. The number of fused-ring (bicyclic) bond motifs is 1. The lowest BCUT2D eigenvalue weighted by molar-refractivity contribution is -0.384. The van der Waals surface area contributed by atoms with Crippen molar-refractivity contribution < 1.29 is 28.8 Å². The predicted molar refractivity (Wildman–Crippen MR) is 143 cm³/mol. The number of carbonyl (C=O) groups excluding carboxylic acids is 3. The van der Waals surface area contributed by atoms with Crippen LogP contribution in [0.25, 0.3) is 0 Å². The summed E-state index contributed by atoms with van der Waals surface area (Å²) in [6, 6.07) is 21.1. The number of halogens is 2. The fourth-order valence-electron chi connectivity index (χ4n) is 3.90. The van der Waals surface area contributed by atoms with Gasteiger partial charge in [0, 0.05) is 12.1 Å². The van der Waals surface area contributed by atoms with Crippen molar-refractivity contribution in [1.82, 2.24) is 0 Å². The molecule has 2 amide bonds. The molecular formula is C28H16Cl2N2O7. The first-order chi connectivity index (χ1) is 18.7. The lowest BCUT2D eigenvalue weighted by atomic mass is 10.1. The molecule has 0 unspecified atom stereocenters. The van der Waals surface area contributed by atoms with Gasteiger partial charge in [0.1, 0.15) is 18.1 Å². The van der Waals surface area contributed by atoms with Crippen LogP contribution in [0.15, 0.2) is 84.9 Å². The number of nitro groups is 1. The first-order valence-electron chi connectivity index (χ1n) is 11.4. The Balaban J connectivity index is 1.23. The van der Waals surface area contributed by atoms with E-state index in [0.717, 1.165) is 4.90 Å². The zero-order valence-corrected chi connectivity index (χ0v) is 21.3. The molecule has 4 aromatic rings. The molecule has 0 aliphatic carbocycles. The van der Waals surface area contributed by atoms with Crippen LogP contribution in [0.5, 0.6) is 11.5 Å². The van der Waals surface area contributed by atoms with Gasteiger partial charge < -0.3 is 9.47 Å². The van der Waals surface area contributed by atoms with Crippen LogP contribution in [0, 0.1) is 10.1 Å². The van der Waals surface area contributed by atoms with Crippen LogP contribution in [0.4, 0.5) is 11.4 Å². The molecule has 0 saturated heterocycles. The van der Waals surface area contributed by atoms with E-state index in [2.05, 4.69) is 0 Å². The number of benzene rings is 4. The third-order valence-corrected chi connectivity index (χ3v) is 6.57. The molecule has 4 aromatic carbocycles. The van der Waals surface area contributed by atoms with Gasteiger partial charge in [-0.1, -0.05) is 41.4 Å². The van der Waals surface area contributed by atoms with E-state index in [4.69, 9.17) is 32.7 Å². The highest BCUT2D eigenvalue weighted by molar-refractivity contribution is 6.44. The van der Waals surface area contributed by atoms with Gasteiger partial charge in [-0.25, -0.2) is 9.69 Å². The molecule has 194 valence electrons. The van der Waals surface area contributed by atoms with Gasteiger partial charge in [0.15, 0.2) is 0 Å². The molecule has 39 heavy (non-hydrogen) atoms. The average molecular weight is 563 g/mol. The monoisotopic (exact) mass is 562 g/mol. The molecule has 0 atom stereocenters. The zero-order chi connectivity index (χ0) is 27.7. The standard InChI is InChI=1S/C28H16Cl2N2O7/c29-24-13-22-23(14-25(24)30)27(34)31(26(22)33)19-3-1-2-17(12-19)28(35)38-15-16-4-8-20(9-5-16)39-21-10-6-18(7-11-21)32(36)37/h1-14H,15H2. The smallest absolute Gasteiger partial charge is 0.338 e. The maximum atomic E-state index is 12.9. The molecule has 1 heterocycles. The van der Waals surface area contributed by atoms with Gasteiger partial charge in [0.05, 0.1) is 37.3 Å². The molecule has 0 bridgehead atoms. The normalized spacial score (nSPS) is 12.3. The predicted octanol–water partition coefficient (Wildman–Crippen LogP) is 6.85. The Bertz CT molecular complexity index is 1600. The first kappa shape index (κ1) is 25.9. The van der Waals surface area contributed by atoms with Crippen LogP contribution >= 0.6 is 23.2 Å². The average Bonchev–Trinajstić information content (AvgIpc) is 3.17. The first-order valence-corrected chi connectivity index (χ1v) is 12.1. The number of imide groups is 1. The maximum absolute atomic E-state index is 12.9. The summed E-state index contributed by atoms with van der Waals surface area (Å²) in [6.45, 7) is -0.0368. The minimum absolute atomic E-state index is 0.0368. The SMILES string of the molecule is O=C(OCc1ccc(Oc2ccc([N+](=O)[O-])cc2)cc1)c1cccc(N2C(=O)c3cc(Cl)c(Cl)cc3C2=O)c1. The van der Waals surface area contributed by atoms with Gasteiger partial charge in [-0.15, -0.1) is 0 Å². The second-order valence-electron chi connectivity index (χ2n) is 8.38. The summed E-state index contributed by atoms with van der Waals surface area (Å²) in [6.07, 6.45) is 0. The van der Waals surface area contributed by atoms with Gasteiger partial charge in [0.2, 0.25) is 0 Å². The number of hydrogen-bond acceptors (Lipinski definition) is 7. The summed E-state index contributed by atoms with van der Waals surface area (Å²) in [5.41, 5.74) is 1.26. The van der Waals surface area contributed by atoms with E-state index in [1.807, 2.05) is 0 Å². The van der Waals surface area contributed by atoms with E-state index in [0.29, 0.717) is 17.1 Å². The van der Waals surface area contributed by atoms with E-state index in [1.165, 1.54) is 54.6 Å². The lowest BCUT2D eigenvalue weighted by Crippen LogP contribution is -2.29. The number of esters is 1. The Morgan fingerprint density at radius 2 is 1.38 bits per heavy atom. The Labute approximate surface area is 231 Å². The van der Waals surface area contributed by atoms with Crippen molar-refractivity contribution in [3.8, 4) is 11.5 Å². The van der Waals surface area contributed by atoms with E-state index in [1.54, 1.807) is 30.3 Å². The van der Waals surface area contributed by atoms with Crippen molar-refractivity contribution in [2.24, 2.45) is 0 Å². The molecule has 0 radical (unpaired) electrons. The van der Waals surface area contributed by atoms with E-state index in [9.17, 15) is 24.5 Å². The Morgan fingerprint density at radius 3 is 1.95 bits per heavy atom. The highest BCUT2D eigenvalue weighted by atomic mass is 35.5. The van der Waals surface area contributed by atoms with Crippen molar-refractivity contribution in [2.45, 2.75) is 6.61 Å². The summed E-state index contributed by atoms with van der Waals surface area (Å²) in [4.78, 5) is 49.7. The third-order valence-electron chi connectivity index (χ3n) is 5.84. The zero-order valence-electron chi connectivity index (χ0n) is 19.8. The van der Waals surface area contributed by atoms with Crippen LogP contribution in [-0.4, -0.2) is 22.7 Å². The number of amides is 2. The minimum atomic E-state index is -0.647. The fraction of sp³-hybridized carbons (Fsp3) is 0.0357. The summed E-state index contributed by atoms with van der Waals surface area (Å²) in [7, 11) is 0. The van der Waals surface area contributed by atoms with Gasteiger partial charge in [-0.3, -0.25) is 19.7 Å². The molecule has 0 saturated carbocycles. The quantitative estimate of drug-likeness (QED) is 0.104. The topological polar surface area (TPSA) is 116 Å². The third kappa shape index (κ3) is 5.31. The number of rotatable bonds is 7. The molecular weight excluding hydrogens is 547 g/mol. The summed E-state index contributed by atoms with van der Waals surface area (Å²) in [5.74, 6) is -0.866. The van der Waals surface area contributed by atoms with Gasteiger partial charge in [-0.2, -0.15) is 0 Å². The molecule has 11 heteroatoms. The summed E-state index contributed by atoms with van der Waals surface area (Å²) < 4.78 is 11.1. The molecule has 1 aliphatic rings. The number of ether oxygens (including phenoxy) is 2. The van der Waals surface area contributed by atoms with Crippen LogP contribution in [-0.2, 0) is 11.3 Å². The lowest BCUT2D eigenvalue weighted by Gasteiger charge is -2.15. The Hall–Kier alpha value is -4.73. The largest absolute Gasteiger partial charge is 0.457 e. The van der Waals surface area contributed by atoms with Gasteiger partial charge >= 0.3 is 5.97 Å². The van der Waals surface area contributed by atoms with Crippen molar-refractivity contribution in [3.05, 3.63) is 127 Å². The van der Waals surface area contributed by atoms with Crippen LogP contribution in [0.2, 0.25) is 10.0 Å². The van der Waals surface area contributed by atoms with E-state index >= 15 is 0 Å². The second-order valence-corrected chi connectivity index (χ2v) is 9.20. The number of nitrogens with zero attached hydrogens (tertiary/aromatic N) is 2. The molecule has 1 aliphatic heterocycles. The number of non-ortho nitro benzene ring substituents is 1. The van der Waals surface area contributed by atoms with Crippen molar-refractivity contribution >= 4 is 52.4 Å². The van der Waals surface area contributed by atoms with Gasteiger partial charge in [-0.05, 0) is 60.2 Å². The van der Waals surface area contributed by atoms with Crippen LogP contribution < -0.4 is 9.64 Å². The summed E-state index contributed by atoms with van der Waals surface area (Å²) in [5, 5.41) is 11.1. The molecule has 0 aromatic heterocycles. The molecule has 5 rings (SSSR count). The number of nitro benzene ring substituents is 1. The number of hydrogen-bond donors (Lipinski definition) is 0. The molecule has 9 nitrogen and oxygen atoms in total. The van der Waals surface area contributed by atoms with Crippen LogP contribution in [0.1, 0.15) is 36.6 Å². The number of anilines is 1. The van der Waals surface area contributed by atoms with Crippen LogP contribution in [0.3, 0.4) is 0 Å². The van der Waals surface area contributed by atoms with Crippen molar-refractivity contribution in [2.75, 3.05) is 4.90 Å². The fourth-order valence-corrected chi connectivity index (χ4v) is 4.23. The van der Waals surface area contributed by atoms with Crippen molar-refractivity contribution in [3.63, 3.8) is 0 Å². The highest BCUT2D eigenvalue weighted by Gasteiger charge is 2.37. The minimum Gasteiger partial charge on any atom is -0.457 e. The van der Waals surface area contributed by atoms with Crippen molar-refractivity contribution in [1.29, 1.82) is 0 Å².